The molecule has 0 aliphatic rings. The van der Waals surface area contributed by atoms with Crippen molar-refractivity contribution < 1.29 is 19.4 Å². The highest BCUT2D eigenvalue weighted by Crippen LogP contribution is 2.28. The molecular formula is C14H17FN2O3. The van der Waals surface area contributed by atoms with Crippen LogP contribution in [-0.4, -0.2) is 33.9 Å². The van der Waals surface area contributed by atoms with Crippen LogP contribution in [0.2, 0.25) is 0 Å². The number of nitrogens with one attached hydrogen (secondary N) is 1. The zero-order valence-corrected chi connectivity index (χ0v) is 10.9. The SMILES string of the molecule is NC(Cc1c(CCCF)[nH]c2ccc(O)cc12)C(=O)O. The number of alkyl halides is 1. The minimum atomic E-state index is -1.09. The van der Waals surface area contributed by atoms with Gasteiger partial charge in [0.15, 0.2) is 0 Å². The quantitative estimate of drug-likeness (QED) is 0.647. The number of hydrogen-bond acceptors (Lipinski definition) is 3. The highest BCUT2D eigenvalue weighted by atomic mass is 19.1. The second kappa shape index (κ2) is 5.92. The van der Waals surface area contributed by atoms with Crippen LogP contribution < -0.4 is 5.73 Å². The van der Waals surface area contributed by atoms with Crippen LogP contribution in [-0.2, 0) is 17.6 Å². The van der Waals surface area contributed by atoms with E-state index in [1.54, 1.807) is 18.2 Å². The lowest BCUT2D eigenvalue weighted by Crippen LogP contribution is -2.32. The molecule has 2 rings (SSSR count). The van der Waals surface area contributed by atoms with Gasteiger partial charge in [-0.25, -0.2) is 0 Å². The Balaban J connectivity index is 2.45. The van der Waals surface area contributed by atoms with Gasteiger partial charge in [-0.3, -0.25) is 9.18 Å². The van der Waals surface area contributed by atoms with E-state index in [2.05, 4.69) is 4.98 Å². The molecule has 0 spiro atoms. The van der Waals surface area contributed by atoms with Crippen LogP contribution in [0, 0.1) is 0 Å². The zero-order chi connectivity index (χ0) is 14.7. The lowest BCUT2D eigenvalue weighted by Gasteiger charge is -2.08. The monoisotopic (exact) mass is 280 g/mol. The van der Waals surface area contributed by atoms with E-state index in [1.807, 2.05) is 0 Å². The number of hydrogen-bond donors (Lipinski definition) is 4. The Morgan fingerprint density at radius 1 is 1.45 bits per heavy atom. The Morgan fingerprint density at radius 2 is 2.20 bits per heavy atom. The molecule has 108 valence electrons. The van der Waals surface area contributed by atoms with Gasteiger partial charge in [-0.15, -0.1) is 0 Å². The van der Waals surface area contributed by atoms with Crippen molar-refractivity contribution in [1.29, 1.82) is 0 Å². The van der Waals surface area contributed by atoms with Crippen molar-refractivity contribution in [3.05, 3.63) is 29.5 Å². The maximum atomic E-state index is 12.3. The number of phenolic OH excluding ortho intramolecular Hbond substituents is 1. The predicted octanol–water partition coefficient (Wildman–Crippen LogP) is 1.73. The summed E-state index contributed by atoms with van der Waals surface area (Å²) in [5.41, 5.74) is 7.88. The molecule has 1 aromatic heterocycles. The molecule has 0 aliphatic heterocycles. The van der Waals surface area contributed by atoms with E-state index in [-0.39, 0.29) is 12.2 Å². The lowest BCUT2D eigenvalue weighted by atomic mass is 10.0. The summed E-state index contributed by atoms with van der Waals surface area (Å²) in [6, 6.07) is 3.78. The number of phenols is 1. The fraction of sp³-hybridized carbons (Fsp3) is 0.357. The molecule has 1 aromatic carbocycles. The second-order valence-corrected chi connectivity index (χ2v) is 4.75. The van der Waals surface area contributed by atoms with Gasteiger partial charge in [0.05, 0.1) is 6.67 Å². The largest absolute Gasteiger partial charge is 0.508 e. The highest BCUT2D eigenvalue weighted by Gasteiger charge is 2.18. The van der Waals surface area contributed by atoms with E-state index in [4.69, 9.17) is 10.8 Å². The van der Waals surface area contributed by atoms with Gasteiger partial charge in [0, 0.05) is 23.0 Å². The number of aromatic amines is 1. The van der Waals surface area contributed by atoms with E-state index in [0.717, 1.165) is 22.2 Å². The molecule has 1 unspecified atom stereocenters. The molecular weight excluding hydrogens is 263 g/mol. The van der Waals surface area contributed by atoms with Gasteiger partial charge in [0.1, 0.15) is 11.8 Å². The maximum Gasteiger partial charge on any atom is 0.320 e. The molecule has 0 aliphatic carbocycles. The van der Waals surface area contributed by atoms with Crippen LogP contribution in [0.25, 0.3) is 10.9 Å². The van der Waals surface area contributed by atoms with Crippen LogP contribution in [0.1, 0.15) is 17.7 Å². The van der Waals surface area contributed by atoms with E-state index < -0.39 is 18.7 Å². The van der Waals surface area contributed by atoms with Gasteiger partial charge in [-0.1, -0.05) is 0 Å². The second-order valence-electron chi connectivity index (χ2n) is 4.75. The van der Waals surface area contributed by atoms with Crippen LogP contribution in [0.3, 0.4) is 0 Å². The molecule has 2 aromatic rings. The number of aromatic nitrogens is 1. The zero-order valence-electron chi connectivity index (χ0n) is 10.9. The minimum absolute atomic E-state index is 0.0960. The number of aromatic hydroxyl groups is 1. The molecule has 0 fully saturated rings. The van der Waals surface area contributed by atoms with E-state index in [9.17, 15) is 14.3 Å². The number of halogens is 1. The van der Waals surface area contributed by atoms with E-state index in [0.29, 0.717) is 12.8 Å². The summed E-state index contributed by atoms with van der Waals surface area (Å²) >= 11 is 0. The highest BCUT2D eigenvalue weighted by molar-refractivity contribution is 5.87. The van der Waals surface area contributed by atoms with Gasteiger partial charge in [0.2, 0.25) is 0 Å². The Bertz CT molecular complexity index is 624. The molecule has 0 saturated carbocycles. The van der Waals surface area contributed by atoms with Crippen LogP contribution in [0.4, 0.5) is 4.39 Å². The summed E-state index contributed by atoms with van der Waals surface area (Å²) < 4.78 is 12.3. The minimum Gasteiger partial charge on any atom is -0.508 e. The summed E-state index contributed by atoms with van der Waals surface area (Å²) in [6.45, 7) is -0.439. The molecule has 0 radical (unpaired) electrons. The lowest BCUT2D eigenvalue weighted by molar-refractivity contribution is -0.138. The Hall–Kier alpha value is -2.08. The number of carboxylic acid groups (broad SMARTS) is 1. The van der Waals surface area contributed by atoms with Crippen LogP contribution in [0.15, 0.2) is 18.2 Å². The summed E-state index contributed by atoms with van der Waals surface area (Å²) in [5.74, 6) is -0.991. The van der Waals surface area contributed by atoms with Gasteiger partial charge < -0.3 is 20.9 Å². The van der Waals surface area contributed by atoms with Crippen molar-refractivity contribution in [1.82, 2.24) is 4.98 Å². The molecule has 1 heterocycles. The van der Waals surface area contributed by atoms with Gasteiger partial charge in [0.25, 0.3) is 0 Å². The summed E-state index contributed by atoms with van der Waals surface area (Å²) in [4.78, 5) is 14.1. The number of H-pyrrole nitrogens is 1. The summed E-state index contributed by atoms with van der Waals surface area (Å²) in [6.07, 6.45) is 0.974. The Morgan fingerprint density at radius 3 is 2.85 bits per heavy atom. The average Bonchev–Trinajstić information content (AvgIpc) is 2.74. The fourth-order valence-corrected chi connectivity index (χ4v) is 2.29. The van der Waals surface area contributed by atoms with Crippen molar-refractivity contribution in [2.75, 3.05) is 6.67 Å². The molecule has 5 N–H and O–H groups in total. The van der Waals surface area contributed by atoms with Gasteiger partial charge >= 0.3 is 5.97 Å². The number of carboxylic acids is 1. The van der Waals surface area contributed by atoms with Gasteiger partial charge in [-0.05, 0) is 36.6 Å². The first-order chi connectivity index (χ1) is 9.52. The molecule has 6 heteroatoms. The number of carbonyl (C=O) groups is 1. The van der Waals surface area contributed by atoms with Crippen molar-refractivity contribution in [2.45, 2.75) is 25.3 Å². The van der Waals surface area contributed by atoms with E-state index in [1.165, 1.54) is 0 Å². The smallest absolute Gasteiger partial charge is 0.320 e. The molecule has 20 heavy (non-hydrogen) atoms. The van der Waals surface area contributed by atoms with Crippen LogP contribution >= 0.6 is 0 Å². The first-order valence-corrected chi connectivity index (χ1v) is 6.39. The standard InChI is InChI=1S/C14H17FN2O3/c15-5-1-2-12-10(7-11(16)14(19)20)9-6-8(18)3-4-13(9)17-12/h3-4,6,11,17-18H,1-2,5,7,16H2,(H,19,20). The third kappa shape index (κ3) is 2.91. The molecule has 5 nitrogen and oxygen atoms in total. The predicted molar refractivity (Wildman–Crippen MR) is 73.6 cm³/mol. The third-order valence-electron chi connectivity index (χ3n) is 3.28. The Kier molecular flexibility index (Phi) is 4.24. The number of aliphatic carboxylic acids is 1. The molecule has 0 saturated heterocycles. The van der Waals surface area contributed by atoms with Crippen molar-refractivity contribution >= 4 is 16.9 Å². The maximum absolute atomic E-state index is 12.3. The average molecular weight is 280 g/mol. The number of benzene rings is 1. The van der Waals surface area contributed by atoms with E-state index >= 15 is 0 Å². The van der Waals surface area contributed by atoms with Crippen molar-refractivity contribution in [3.63, 3.8) is 0 Å². The first kappa shape index (κ1) is 14.3. The number of aryl methyl sites for hydroxylation is 1. The normalized spacial score (nSPS) is 12.7. The molecule has 0 amide bonds. The fourth-order valence-electron chi connectivity index (χ4n) is 2.29. The molecule has 1 atom stereocenters. The summed E-state index contributed by atoms with van der Waals surface area (Å²) in [5, 5.41) is 19.2. The number of rotatable bonds is 6. The Labute approximate surface area is 115 Å². The summed E-state index contributed by atoms with van der Waals surface area (Å²) in [7, 11) is 0. The van der Waals surface area contributed by atoms with Gasteiger partial charge in [-0.2, -0.15) is 0 Å². The third-order valence-corrected chi connectivity index (χ3v) is 3.28. The number of nitrogens with two attached hydrogens (primary N) is 1. The van der Waals surface area contributed by atoms with Crippen molar-refractivity contribution in [3.8, 4) is 5.75 Å². The van der Waals surface area contributed by atoms with Crippen LogP contribution in [0.5, 0.6) is 5.75 Å². The first-order valence-electron chi connectivity index (χ1n) is 6.39. The number of fused-ring (bicyclic) bond motifs is 1. The topological polar surface area (TPSA) is 99.3 Å². The van der Waals surface area contributed by atoms with Crippen molar-refractivity contribution in [2.24, 2.45) is 5.73 Å². The molecule has 0 bridgehead atoms.